The molecule has 1 atom stereocenters. The summed E-state index contributed by atoms with van der Waals surface area (Å²) in [5.41, 5.74) is 4.28. The van der Waals surface area contributed by atoms with E-state index in [1.54, 1.807) is 49.8 Å². The fourth-order valence-electron chi connectivity index (χ4n) is 5.31. The van der Waals surface area contributed by atoms with Gasteiger partial charge in [0, 0.05) is 79.4 Å². The zero-order valence-electron chi connectivity index (χ0n) is 26.6. The molecule has 5 N–H and O–H groups in total. The second-order valence-electron chi connectivity index (χ2n) is 11.1. The molecule has 48 heavy (non-hydrogen) atoms. The van der Waals surface area contributed by atoms with E-state index in [1.165, 1.54) is 7.11 Å². The number of halogens is 2. The molecule has 0 aliphatic carbocycles. The maximum Gasteiger partial charge on any atom is 0.274 e. The molecule has 5 rings (SSSR count). The third kappa shape index (κ3) is 8.38. The fourth-order valence-corrected chi connectivity index (χ4v) is 5.88. The Balaban J connectivity index is 1.32. The highest BCUT2D eigenvalue weighted by Gasteiger charge is 2.22. The summed E-state index contributed by atoms with van der Waals surface area (Å²) in [6, 6.07) is 12.4. The third-order valence-electron chi connectivity index (χ3n) is 7.81. The molecule has 4 aromatic rings. The van der Waals surface area contributed by atoms with Crippen molar-refractivity contribution in [3.8, 4) is 34.1 Å². The van der Waals surface area contributed by atoms with E-state index in [-0.39, 0.29) is 29.3 Å². The largest absolute Gasteiger partial charge is 0.496 e. The maximum absolute atomic E-state index is 13.2. The van der Waals surface area contributed by atoms with Crippen molar-refractivity contribution in [2.45, 2.75) is 38.4 Å². The summed E-state index contributed by atoms with van der Waals surface area (Å²) in [4.78, 5) is 38.2. The van der Waals surface area contributed by atoms with Gasteiger partial charge in [0.2, 0.25) is 11.8 Å². The van der Waals surface area contributed by atoms with Gasteiger partial charge >= 0.3 is 0 Å². The number of hydrogen-bond donors (Lipinski definition) is 5. The van der Waals surface area contributed by atoms with E-state index >= 15 is 0 Å². The van der Waals surface area contributed by atoms with Gasteiger partial charge in [-0.25, -0.2) is 4.98 Å². The number of carbonyl (C=O) groups excluding carboxylic acids is 2. The second kappa shape index (κ2) is 16.7. The summed E-state index contributed by atoms with van der Waals surface area (Å²) < 4.78 is 11.1. The van der Waals surface area contributed by atoms with E-state index in [1.807, 2.05) is 12.1 Å². The van der Waals surface area contributed by atoms with E-state index in [0.717, 1.165) is 17.5 Å². The minimum atomic E-state index is -0.473. The van der Waals surface area contributed by atoms with Gasteiger partial charge in [0.15, 0.2) is 0 Å². The molecular weight excluding hydrogens is 657 g/mol. The molecule has 12 nitrogen and oxygen atoms in total. The van der Waals surface area contributed by atoms with Gasteiger partial charge in [-0.05, 0) is 37.6 Å². The van der Waals surface area contributed by atoms with E-state index in [0.29, 0.717) is 83.9 Å². The molecule has 3 aromatic heterocycles. The van der Waals surface area contributed by atoms with Gasteiger partial charge in [-0.2, -0.15) is 0 Å². The number of aromatic nitrogens is 3. The van der Waals surface area contributed by atoms with Gasteiger partial charge in [-0.1, -0.05) is 41.4 Å². The highest BCUT2D eigenvalue weighted by atomic mass is 35.5. The van der Waals surface area contributed by atoms with Gasteiger partial charge < -0.3 is 35.8 Å². The lowest BCUT2D eigenvalue weighted by molar-refractivity contribution is -0.119. The van der Waals surface area contributed by atoms with E-state index < -0.39 is 5.91 Å². The van der Waals surface area contributed by atoms with Crippen LogP contribution in [-0.2, 0) is 17.9 Å². The number of aliphatic hydroxyl groups excluding tert-OH is 1. The summed E-state index contributed by atoms with van der Waals surface area (Å²) in [7, 11) is 3.08. The third-order valence-corrected chi connectivity index (χ3v) is 8.60. The van der Waals surface area contributed by atoms with Crippen LogP contribution in [0.2, 0.25) is 10.0 Å². The lowest BCUT2D eigenvalue weighted by Gasteiger charge is -2.15. The van der Waals surface area contributed by atoms with Crippen LogP contribution in [0.3, 0.4) is 0 Å². The number of aliphatic hydroxyl groups is 1. The topological polar surface area (TPSA) is 160 Å². The second-order valence-corrected chi connectivity index (χ2v) is 11.8. The first-order valence-electron chi connectivity index (χ1n) is 15.5. The molecule has 1 aromatic carbocycles. The van der Waals surface area contributed by atoms with Gasteiger partial charge in [0.1, 0.15) is 11.4 Å². The molecule has 0 unspecified atom stereocenters. The summed E-state index contributed by atoms with van der Waals surface area (Å²) >= 11 is 13.8. The molecule has 252 valence electrons. The first-order valence-corrected chi connectivity index (χ1v) is 16.2. The average Bonchev–Trinajstić information content (AvgIpc) is 3.52. The molecule has 1 saturated heterocycles. The molecule has 1 aliphatic rings. The number of hydrogen-bond acceptors (Lipinski definition) is 10. The smallest absolute Gasteiger partial charge is 0.274 e. The van der Waals surface area contributed by atoms with Crippen molar-refractivity contribution in [3.05, 3.63) is 81.7 Å². The van der Waals surface area contributed by atoms with Crippen LogP contribution in [-0.4, -0.2) is 71.8 Å². The minimum absolute atomic E-state index is 0.0802. The summed E-state index contributed by atoms with van der Waals surface area (Å²) in [5, 5.41) is 21.9. The molecule has 4 heterocycles. The van der Waals surface area contributed by atoms with Gasteiger partial charge in [-0.3, -0.25) is 19.6 Å². The standard InChI is InChI=1S/C34H37Cl2N7O5/c1-47-28-15-27(40-18-21(28)17-37-12-4-14-44)33(46)42-26-6-3-5-24(30(26)35)32-31(36)23(11-13-39-32)25-9-7-20(34(43-25)48-2)16-38-19-22-8-10-29(45)41-22/h3,5-7,9,11,13,15,18,22,37-38,44H,4,8,10,12,14,16-17,19H2,1-2H3,(H,41,45)(H,42,46)/t22-/m1/s1. The van der Waals surface area contributed by atoms with Crippen molar-refractivity contribution < 1.29 is 24.2 Å². The highest BCUT2D eigenvalue weighted by molar-refractivity contribution is 6.39. The van der Waals surface area contributed by atoms with Crippen LogP contribution >= 0.6 is 23.2 Å². The van der Waals surface area contributed by atoms with Crippen molar-refractivity contribution >= 4 is 40.7 Å². The number of nitrogens with zero attached hydrogens (tertiary/aromatic N) is 3. The van der Waals surface area contributed by atoms with E-state index in [9.17, 15) is 9.59 Å². The molecule has 0 bridgehead atoms. The molecule has 0 radical (unpaired) electrons. The quantitative estimate of drug-likeness (QED) is 0.111. The highest BCUT2D eigenvalue weighted by Crippen LogP contribution is 2.40. The van der Waals surface area contributed by atoms with Crippen molar-refractivity contribution in [1.82, 2.24) is 30.9 Å². The Morgan fingerprint density at radius 1 is 1.02 bits per heavy atom. The number of carbonyl (C=O) groups is 2. The number of nitrogens with one attached hydrogen (secondary N) is 4. The molecule has 0 saturated carbocycles. The van der Waals surface area contributed by atoms with Gasteiger partial charge in [-0.15, -0.1) is 0 Å². The van der Waals surface area contributed by atoms with Crippen LogP contribution in [0.25, 0.3) is 22.5 Å². The predicted octanol–water partition coefficient (Wildman–Crippen LogP) is 4.62. The number of anilines is 1. The van der Waals surface area contributed by atoms with E-state index in [2.05, 4.69) is 31.2 Å². The molecule has 2 amide bonds. The number of benzene rings is 1. The molecule has 1 fully saturated rings. The average molecular weight is 695 g/mol. The van der Waals surface area contributed by atoms with Crippen molar-refractivity contribution in [2.24, 2.45) is 0 Å². The Morgan fingerprint density at radius 2 is 1.85 bits per heavy atom. The molecule has 14 heteroatoms. The number of rotatable bonds is 15. The number of pyridine rings is 3. The van der Waals surface area contributed by atoms with Crippen molar-refractivity contribution in [1.29, 1.82) is 0 Å². The normalized spacial score (nSPS) is 14.1. The Hall–Kier alpha value is -4.33. The first-order chi connectivity index (χ1) is 23.3. The zero-order valence-corrected chi connectivity index (χ0v) is 28.1. The lowest BCUT2D eigenvalue weighted by atomic mass is 10.1. The van der Waals surface area contributed by atoms with Gasteiger partial charge in [0.25, 0.3) is 5.91 Å². The number of amides is 2. The Morgan fingerprint density at radius 3 is 2.60 bits per heavy atom. The number of methoxy groups -OCH3 is 2. The summed E-state index contributed by atoms with van der Waals surface area (Å²) in [6.07, 6.45) is 5.19. The number of ether oxygens (including phenoxy) is 2. The molecule has 1 aliphatic heterocycles. The molecule has 0 spiro atoms. The van der Waals surface area contributed by atoms with Crippen molar-refractivity contribution in [2.75, 3.05) is 39.2 Å². The van der Waals surface area contributed by atoms with Crippen molar-refractivity contribution in [3.63, 3.8) is 0 Å². The Kier molecular flexibility index (Phi) is 12.2. The SMILES string of the molecule is COc1cc(C(=O)Nc2cccc(-c3nccc(-c4ccc(CNC[C@H]5CCC(=O)N5)c(OC)n4)c3Cl)c2Cl)ncc1CNCCCO. The predicted molar refractivity (Wildman–Crippen MR) is 184 cm³/mol. The zero-order chi connectivity index (χ0) is 34.0. The lowest BCUT2D eigenvalue weighted by Crippen LogP contribution is -2.35. The van der Waals surface area contributed by atoms with Crippen LogP contribution in [0.4, 0.5) is 5.69 Å². The summed E-state index contributed by atoms with van der Waals surface area (Å²) in [6.45, 7) is 2.38. The van der Waals surface area contributed by atoms with E-state index in [4.69, 9.17) is 42.8 Å². The van der Waals surface area contributed by atoms with Gasteiger partial charge in [0.05, 0.1) is 41.3 Å². The van der Waals surface area contributed by atoms with Crippen LogP contribution in [0.15, 0.2) is 54.9 Å². The molecular formula is C34H37Cl2N7O5. The monoisotopic (exact) mass is 693 g/mol. The van der Waals surface area contributed by atoms with Crippen LogP contribution < -0.4 is 30.7 Å². The Bertz CT molecular complexity index is 1770. The summed E-state index contributed by atoms with van der Waals surface area (Å²) in [5.74, 6) is 0.562. The van der Waals surface area contributed by atoms with Crippen LogP contribution in [0.5, 0.6) is 11.6 Å². The van der Waals surface area contributed by atoms with Crippen LogP contribution in [0, 0.1) is 0 Å². The minimum Gasteiger partial charge on any atom is -0.496 e. The first kappa shape index (κ1) is 35.0. The maximum atomic E-state index is 13.2. The fraction of sp³-hybridized carbons (Fsp3) is 0.324. The van der Waals surface area contributed by atoms with Crippen LogP contribution in [0.1, 0.15) is 40.9 Å². The Labute approximate surface area is 288 Å².